The van der Waals surface area contributed by atoms with Crippen molar-refractivity contribution in [1.29, 1.82) is 0 Å². The van der Waals surface area contributed by atoms with Gasteiger partial charge in [0, 0.05) is 12.1 Å². The van der Waals surface area contributed by atoms with E-state index in [-0.39, 0.29) is 0 Å². The van der Waals surface area contributed by atoms with Crippen molar-refractivity contribution in [3.63, 3.8) is 0 Å². The molecule has 2 nitrogen and oxygen atoms in total. The summed E-state index contributed by atoms with van der Waals surface area (Å²) in [5.74, 6) is 0.927. The number of ether oxygens (including phenoxy) is 1. The smallest absolute Gasteiger partial charge is 0.118 e. The van der Waals surface area contributed by atoms with Crippen LogP contribution in [0, 0.1) is 0 Å². The molecule has 1 N–H and O–H groups in total. The molecule has 2 heteroatoms. The average molecular weight is 177 g/mol. The molecule has 1 aliphatic heterocycles. The van der Waals surface area contributed by atoms with Crippen molar-refractivity contribution < 1.29 is 4.74 Å². The van der Waals surface area contributed by atoms with Crippen LogP contribution in [-0.4, -0.2) is 13.2 Å². The van der Waals surface area contributed by atoms with Crippen molar-refractivity contribution in [3.05, 3.63) is 29.8 Å². The zero-order chi connectivity index (χ0) is 9.26. The Labute approximate surface area is 78.9 Å². The fourth-order valence-electron chi connectivity index (χ4n) is 1.74. The molecule has 2 atom stereocenters. The summed E-state index contributed by atoms with van der Waals surface area (Å²) in [6, 6.07) is 9.51. The summed E-state index contributed by atoms with van der Waals surface area (Å²) in [6.07, 6.45) is 1.24. The van der Waals surface area contributed by atoms with Crippen molar-refractivity contribution in [2.75, 3.05) is 7.11 Å². The molecular weight excluding hydrogens is 162 g/mol. The standard InChI is InChI=1S/C11H15NO/c1-8-7-11(12-8)9-3-5-10(13-2)6-4-9/h3-6,8,11-12H,7H2,1-2H3. The van der Waals surface area contributed by atoms with Crippen LogP contribution < -0.4 is 10.1 Å². The number of nitrogens with one attached hydrogen (secondary N) is 1. The number of hydrogen-bond acceptors (Lipinski definition) is 2. The Hall–Kier alpha value is -1.02. The predicted octanol–water partition coefficient (Wildman–Crippen LogP) is 2.12. The highest BCUT2D eigenvalue weighted by atomic mass is 16.5. The highest BCUT2D eigenvalue weighted by Gasteiger charge is 2.25. The average Bonchev–Trinajstić information content (AvgIpc) is 2.13. The summed E-state index contributed by atoms with van der Waals surface area (Å²) in [5, 5.41) is 3.46. The second-order valence-electron chi connectivity index (χ2n) is 3.63. The minimum absolute atomic E-state index is 0.556. The van der Waals surface area contributed by atoms with Gasteiger partial charge in [-0.2, -0.15) is 0 Å². The molecule has 0 amide bonds. The summed E-state index contributed by atoms with van der Waals surface area (Å²) in [5.41, 5.74) is 1.36. The van der Waals surface area contributed by atoms with Crippen LogP contribution in [-0.2, 0) is 0 Å². The van der Waals surface area contributed by atoms with Crippen LogP contribution in [0.15, 0.2) is 24.3 Å². The van der Waals surface area contributed by atoms with Gasteiger partial charge in [0.15, 0.2) is 0 Å². The molecule has 0 radical (unpaired) electrons. The van der Waals surface area contributed by atoms with Gasteiger partial charge in [-0.1, -0.05) is 12.1 Å². The van der Waals surface area contributed by atoms with Crippen molar-refractivity contribution in [1.82, 2.24) is 5.32 Å². The van der Waals surface area contributed by atoms with Crippen LogP contribution in [0.25, 0.3) is 0 Å². The van der Waals surface area contributed by atoms with E-state index in [1.165, 1.54) is 12.0 Å². The molecule has 13 heavy (non-hydrogen) atoms. The summed E-state index contributed by atoms with van der Waals surface area (Å²) in [7, 11) is 1.69. The first-order chi connectivity index (χ1) is 6.29. The highest BCUT2D eigenvalue weighted by molar-refractivity contribution is 5.30. The minimum Gasteiger partial charge on any atom is -0.497 e. The molecule has 0 bridgehead atoms. The summed E-state index contributed by atoms with van der Waals surface area (Å²) in [4.78, 5) is 0. The lowest BCUT2D eigenvalue weighted by Gasteiger charge is -2.35. The van der Waals surface area contributed by atoms with E-state index in [0.717, 1.165) is 5.75 Å². The minimum atomic E-state index is 0.556. The quantitative estimate of drug-likeness (QED) is 0.747. The first kappa shape index (κ1) is 8.57. The van der Waals surface area contributed by atoms with Gasteiger partial charge < -0.3 is 10.1 Å². The van der Waals surface area contributed by atoms with Gasteiger partial charge in [0.1, 0.15) is 5.75 Å². The number of methoxy groups -OCH3 is 1. The van der Waals surface area contributed by atoms with Gasteiger partial charge in [-0.15, -0.1) is 0 Å². The molecule has 2 unspecified atom stereocenters. The lowest BCUT2D eigenvalue weighted by Crippen LogP contribution is -2.43. The Balaban J connectivity index is 2.06. The van der Waals surface area contributed by atoms with Crippen molar-refractivity contribution >= 4 is 0 Å². The molecule has 0 aromatic heterocycles. The van der Waals surface area contributed by atoms with Crippen molar-refractivity contribution in [2.45, 2.75) is 25.4 Å². The molecule has 1 fully saturated rings. The van der Waals surface area contributed by atoms with E-state index >= 15 is 0 Å². The van der Waals surface area contributed by atoms with Crippen LogP contribution >= 0.6 is 0 Å². The zero-order valence-electron chi connectivity index (χ0n) is 8.08. The van der Waals surface area contributed by atoms with E-state index in [0.29, 0.717) is 12.1 Å². The summed E-state index contributed by atoms with van der Waals surface area (Å²) >= 11 is 0. The maximum absolute atomic E-state index is 5.10. The third-order valence-corrected chi connectivity index (χ3v) is 2.59. The molecule has 70 valence electrons. The third kappa shape index (κ3) is 1.68. The van der Waals surface area contributed by atoms with Gasteiger partial charge in [0.05, 0.1) is 7.11 Å². The lowest BCUT2D eigenvalue weighted by atomic mass is 9.92. The van der Waals surface area contributed by atoms with E-state index in [9.17, 15) is 0 Å². The van der Waals surface area contributed by atoms with Gasteiger partial charge in [0.2, 0.25) is 0 Å². The molecule has 0 spiro atoms. The Morgan fingerprint density at radius 3 is 2.38 bits per heavy atom. The summed E-state index contributed by atoms with van der Waals surface area (Å²) < 4.78 is 5.10. The fourth-order valence-corrected chi connectivity index (χ4v) is 1.74. The van der Waals surface area contributed by atoms with E-state index in [1.807, 2.05) is 12.1 Å². The van der Waals surface area contributed by atoms with Crippen molar-refractivity contribution in [3.8, 4) is 5.75 Å². The van der Waals surface area contributed by atoms with Gasteiger partial charge in [-0.3, -0.25) is 0 Å². The molecule has 1 heterocycles. The SMILES string of the molecule is COc1ccc(C2CC(C)N2)cc1. The molecule has 1 aromatic rings. The molecule has 0 aliphatic carbocycles. The molecule has 2 rings (SSSR count). The Bertz CT molecular complexity index is 275. The Morgan fingerprint density at radius 2 is 1.92 bits per heavy atom. The normalized spacial score (nSPS) is 26.6. The zero-order valence-corrected chi connectivity index (χ0v) is 8.08. The molecule has 1 aliphatic rings. The van der Waals surface area contributed by atoms with Gasteiger partial charge >= 0.3 is 0 Å². The third-order valence-electron chi connectivity index (χ3n) is 2.59. The first-order valence-electron chi connectivity index (χ1n) is 4.69. The Morgan fingerprint density at radius 1 is 1.31 bits per heavy atom. The fraction of sp³-hybridized carbons (Fsp3) is 0.455. The van der Waals surface area contributed by atoms with Gasteiger partial charge in [-0.25, -0.2) is 0 Å². The number of hydrogen-bond donors (Lipinski definition) is 1. The van der Waals surface area contributed by atoms with Crippen LogP contribution in [0.5, 0.6) is 5.75 Å². The van der Waals surface area contributed by atoms with Gasteiger partial charge in [-0.05, 0) is 31.0 Å². The first-order valence-corrected chi connectivity index (χ1v) is 4.69. The lowest BCUT2D eigenvalue weighted by molar-refractivity contribution is 0.287. The van der Waals surface area contributed by atoms with Crippen LogP contribution in [0.3, 0.4) is 0 Å². The van der Waals surface area contributed by atoms with Crippen LogP contribution in [0.4, 0.5) is 0 Å². The molecule has 0 saturated carbocycles. The number of benzene rings is 1. The molecule has 1 saturated heterocycles. The predicted molar refractivity (Wildman–Crippen MR) is 52.9 cm³/mol. The second kappa shape index (κ2) is 3.38. The van der Waals surface area contributed by atoms with E-state index in [1.54, 1.807) is 7.11 Å². The maximum atomic E-state index is 5.10. The largest absolute Gasteiger partial charge is 0.497 e. The maximum Gasteiger partial charge on any atom is 0.118 e. The molecule has 1 aromatic carbocycles. The summed E-state index contributed by atoms with van der Waals surface area (Å²) in [6.45, 7) is 2.21. The van der Waals surface area contributed by atoms with E-state index < -0.39 is 0 Å². The van der Waals surface area contributed by atoms with E-state index in [2.05, 4.69) is 24.4 Å². The topological polar surface area (TPSA) is 21.3 Å². The molecular formula is C11H15NO. The van der Waals surface area contributed by atoms with Crippen LogP contribution in [0.2, 0.25) is 0 Å². The monoisotopic (exact) mass is 177 g/mol. The van der Waals surface area contributed by atoms with Crippen LogP contribution in [0.1, 0.15) is 24.9 Å². The Kier molecular flexibility index (Phi) is 2.23. The van der Waals surface area contributed by atoms with E-state index in [4.69, 9.17) is 4.74 Å². The number of rotatable bonds is 2. The highest BCUT2D eigenvalue weighted by Crippen LogP contribution is 2.28. The second-order valence-corrected chi connectivity index (χ2v) is 3.63. The van der Waals surface area contributed by atoms with Gasteiger partial charge in [0.25, 0.3) is 0 Å². The van der Waals surface area contributed by atoms with Crippen molar-refractivity contribution in [2.24, 2.45) is 0 Å².